The van der Waals surface area contributed by atoms with E-state index in [9.17, 15) is 0 Å². The topological polar surface area (TPSA) is 22.9 Å². The van der Waals surface area contributed by atoms with Crippen molar-refractivity contribution in [3.05, 3.63) is 243 Å². The Hall–Kier alpha value is -8.80. The Kier molecular flexibility index (Phi) is 14.3. The fourth-order valence-corrected chi connectivity index (χ4v) is 20.4. The molecule has 526 valence electrons. The normalized spacial score (nSPS) is 19.1. The molecule has 5 heteroatoms. The number of furan rings is 1. The Morgan fingerprint density at radius 2 is 0.913 bits per heavy atom. The molecule has 104 heavy (non-hydrogen) atoms. The lowest BCUT2D eigenvalue weighted by Gasteiger charge is -2.49. The molecule has 3 heterocycles. The van der Waals surface area contributed by atoms with Crippen LogP contribution in [0.4, 0.5) is 51.2 Å². The minimum atomic E-state index is -0.283. The molecule has 18 rings (SSSR count). The maximum Gasteiger partial charge on any atom is 0.252 e. The van der Waals surface area contributed by atoms with Gasteiger partial charge in [0.05, 0.1) is 5.69 Å². The second kappa shape index (κ2) is 22.2. The molecule has 0 saturated carbocycles. The zero-order chi connectivity index (χ0) is 72.9. The summed E-state index contributed by atoms with van der Waals surface area (Å²) >= 11 is 0. The van der Waals surface area contributed by atoms with Crippen LogP contribution in [0.2, 0.25) is 0 Å². The summed E-state index contributed by atoms with van der Waals surface area (Å²) in [6.07, 6.45) is 13.3. The fraction of sp³-hybridized carbons (Fsp3) is 0.374. The molecule has 5 aliphatic carbocycles. The van der Waals surface area contributed by atoms with Crippen LogP contribution in [0.1, 0.15) is 250 Å². The second-order valence-electron chi connectivity index (χ2n) is 39.3. The first-order valence-electron chi connectivity index (χ1n) is 39.3. The van der Waals surface area contributed by atoms with Gasteiger partial charge in [0.2, 0.25) is 0 Å². The van der Waals surface area contributed by atoms with Crippen LogP contribution >= 0.6 is 0 Å². The van der Waals surface area contributed by atoms with Crippen LogP contribution in [0.15, 0.2) is 180 Å². The van der Waals surface area contributed by atoms with E-state index in [1.54, 1.807) is 0 Å². The summed E-state index contributed by atoms with van der Waals surface area (Å²) in [5.74, 6) is 1.91. The van der Waals surface area contributed by atoms with Gasteiger partial charge in [-0.25, -0.2) is 0 Å². The van der Waals surface area contributed by atoms with Crippen LogP contribution in [-0.2, 0) is 55.2 Å². The summed E-state index contributed by atoms with van der Waals surface area (Å²) in [4.78, 5) is 8.21. The van der Waals surface area contributed by atoms with Crippen molar-refractivity contribution in [2.24, 2.45) is 0 Å². The van der Waals surface area contributed by atoms with Crippen LogP contribution in [0.5, 0.6) is 0 Å². The predicted molar refractivity (Wildman–Crippen MR) is 446 cm³/mol. The number of rotatable bonds is 6. The van der Waals surface area contributed by atoms with E-state index in [0.29, 0.717) is 0 Å². The smallest absolute Gasteiger partial charge is 0.252 e. The van der Waals surface area contributed by atoms with Crippen LogP contribution in [0.3, 0.4) is 0 Å². The summed E-state index contributed by atoms with van der Waals surface area (Å²) in [6, 6.07) is 69.2. The minimum Gasteiger partial charge on any atom is -0.456 e. The number of benzene rings is 10. The summed E-state index contributed by atoms with van der Waals surface area (Å²) in [5.41, 5.74) is 33.8. The van der Waals surface area contributed by atoms with Gasteiger partial charge in [-0.1, -0.05) is 229 Å². The van der Waals surface area contributed by atoms with Gasteiger partial charge in [-0.15, -0.1) is 0 Å². The third kappa shape index (κ3) is 10.1. The largest absolute Gasteiger partial charge is 0.456 e. The predicted octanol–water partition coefficient (Wildman–Crippen LogP) is 25.7. The number of nitrogens with zero attached hydrogens (tertiary/aromatic N) is 3. The highest BCUT2D eigenvalue weighted by Crippen LogP contribution is 2.58. The molecule has 2 aliphatic heterocycles. The Balaban J connectivity index is 0.981. The van der Waals surface area contributed by atoms with Crippen LogP contribution < -0.4 is 31.1 Å². The number of fused-ring (bicyclic) bond motifs is 14. The Bertz CT molecular complexity index is 5390. The van der Waals surface area contributed by atoms with Gasteiger partial charge in [0.25, 0.3) is 6.71 Å². The number of anilines is 9. The summed E-state index contributed by atoms with van der Waals surface area (Å²) in [7, 11) is 0. The molecule has 0 spiro atoms. The first kappa shape index (κ1) is 67.1. The van der Waals surface area contributed by atoms with Gasteiger partial charge in [-0.3, -0.25) is 0 Å². The lowest BCUT2D eigenvalue weighted by molar-refractivity contribution is 0.332. The molecule has 0 fully saturated rings. The highest BCUT2D eigenvalue weighted by atomic mass is 16.3. The van der Waals surface area contributed by atoms with E-state index in [1.807, 2.05) is 0 Å². The Labute approximate surface area is 621 Å². The van der Waals surface area contributed by atoms with Gasteiger partial charge in [-0.05, 0) is 296 Å². The van der Waals surface area contributed by atoms with Crippen LogP contribution in [-0.4, -0.2) is 6.71 Å². The highest BCUT2D eigenvalue weighted by molar-refractivity contribution is 7.00. The molecule has 11 aromatic rings. The third-order valence-corrected chi connectivity index (χ3v) is 27.1. The number of allylic oxidation sites excluding steroid dienone is 1. The van der Waals surface area contributed by atoms with Crippen molar-refractivity contribution in [2.45, 2.75) is 239 Å². The minimum absolute atomic E-state index is 0.0276. The monoisotopic (exact) mass is 1360 g/mol. The van der Waals surface area contributed by atoms with Gasteiger partial charge >= 0.3 is 0 Å². The van der Waals surface area contributed by atoms with Crippen molar-refractivity contribution in [1.29, 1.82) is 0 Å². The van der Waals surface area contributed by atoms with Gasteiger partial charge < -0.3 is 19.1 Å². The Morgan fingerprint density at radius 1 is 0.404 bits per heavy atom. The lowest BCUT2D eigenvalue weighted by Crippen LogP contribution is -2.62. The SMILES string of the molecule is CC(C)(C)c1ccc(N2c3cc4c(cc3B3c5cc6c(cc5N(c5ccc7c(c5)C(C)(C)CCC7(C)C)c5cc(N(c7ccc8c(c7)C(C)(C)c7ccc9ccccc9c7-8)c7ccc8cc(-c9cc%10c(o9)C=CCC%10)ccc8c7)cc2c53)C(C)(C)CCC6(C)C)C(C)(C)CCC4(C)C)cc1C(C)(C)C. The van der Waals surface area contributed by atoms with E-state index in [4.69, 9.17) is 4.42 Å². The summed E-state index contributed by atoms with van der Waals surface area (Å²) in [5, 5.41) is 4.94. The van der Waals surface area contributed by atoms with Crippen molar-refractivity contribution >= 4 is 102 Å². The number of aryl methyl sites for hydroxylation is 1. The summed E-state index contributed by atoms with van der Waals surface area (Å²) < 4.78 is 6.60. The third-order valence-electron chi connectivity index (χ3n) is 27.1. The number of hydrogen-bond donors (Lipinski definition) is 0. The zero-order valence-corrected chi connectivity index (χ0v) is 65.8. The number of hydrogen-bond acceptors (Lipinski definition) is 4. The molecule has 0 N–H and O–H groups in total. The van der Waals surface area contributed by atoms with Gasteiger partial charge in [0.1, 0.15) is 11.5 Å². The van der Waals surface area contributed by atoms with Crippen molar-refractivity contribution in [2.75, 3.05) is 14.7 Å². The quantitative estimate of drug-likeness (QED) is 0.155. The van der Waals surface area contributed by atoms with Gasteiger partial charge in [-0.2, -0.15) is 0 Å². The standard InChI is InChI=1S/C99H106BN3O/c1-91(2,3)71-39-35-66(51-75(71)92(4,5)6)102-83-57-79-77(95(11,12)43-45-97(79,15)16)55-81(83)100-82-56-78-80(98(17,18)46-44-96(78,13)14)58-84(82)103(67-36-40-72-76(52-67)94(9,10)42-41-93(72,7)8)86-54-68(53-85(102)90(86)100)101(64-33-31-60-47-63(30-29-61(60)48-64)88-49-62-26-22-24-28-87(62)104-88)65-34-37-70-74(50-65)99(19,20)73-38-32-59-25-21-23-27-69(59)89(70)73/h21,23-25,27-40,47-58H,22,26,41-46H2,1-20H3. The van der Waals surface area contributed by atoms with E-state index < -0.39 is 0 Å². The van der Waals surface area contributed by atoms with Gasteiger partial charge in [0, 0.05) is 56.5 Å². The maximum atomic E-state index is 6.60. The molecule has 4 nitrogen and oxygen atoms in total. The lowest BCUT2D eigenvalue weighted by atomic mass is 9.32. The molecule has 0 atom stereocenters. The average molecular weight is 1360 g/mol. The second-order valence-corrected chi connectivity index (χ2v) is 39.3. The molecular formula is C99H106BN3O. The molecule has 0 bridgehead atoms. The van der Waals surface area contributed by atoms with Crippen molar-refractivity contribution in [3.8, 4) is 22.5 Å². The molecular weight excluding hydrogens is 1260 g/mol. The molecule has 1 aromatic heterocycles. The maximum absolute atomic E-state index is 6.60. The van der Waals surface area contributed by atoms with E-state index in [0.717, 1.165) is 85.5 Å². The van der Waals surface area contributed by atoms with Crippen LogP contribution in [0.25, 0.3) is 50.1 Å². The zero-order valence-electron chi connectivity index (χ0n) is 65.8. The van der Waals surface area contributed by atoms with Crippen molar-refractivity contribution in [3.63, 3.8) is 0 Å². The highest BCUT2D eigenvalue weighted by Gasteiger charge is 2.50. The molecule has 7 aliphatic rings. The first-order chi connectivity index (χ1) is 49.0. The van der Waals surface area contributed by atoms with E-state index >= 15 is 0 Å². The summed E-state index contributed by atoms with van der Waals surface area (Å²) in [6.45, 7) is 49.5. The van der Waals surface area contributed by atoms with E-state index in [1.165, 1.54) is 144 Å². The molecule has 0 radical (unpaired) electrons. The van der Waals surface area contributed by atoms with Crippen LogP contribution in [0, 0.1) is 0 Å². The molecule has 0 amide bonds. The van der Waals surface area contributed by atoms with Crippen molar-refractivity contribution in [1.82, 2.24) is 0 Å². The Morgan fingerprint density at radius 3 is 1.52 bits per heavy atom. The van der Waals surface area contributed by atoms with E-state index in [2.05, 4.69) is 335 Å². The van der Waals surface area contributed by atoms with Crippen molar-refractivity contribution < 1.29 is 4.42 Å². The van der Waals surface area contributed by atoms with E-state index in [-0.39, 0.29) is 55.4 Å². The molecule has 0 unspecified atom stereocenters. The molecule has 0 saturated heterocycles. The fourth-order valence-electron chi connectivity index (χ4n) is 20.4. The van der Waals surface area contributed by atoms with Gasteiger partial charge in [0.15, 0.2) is 0 Å². The molecule has 10 aromatic carbocycles. The average Bonchev–Trinajstić information content (AvgIpc) is 0.846. The first-order valence-corrected chi connectivity index (χ1v) is 39.3.